The Morgan fingerprint density at radius 3 is 3.00 bits per heavy atom. The molecule has 2 aromatic rings. The van der Waals surface area contributed by atoms with Crippen molar-refractivity contribution in [3.63, 3.8) is 0 Å². The van der Waals surface area contributed by atoms with E-state index in [1.165, 1.54) is 30.7 Å². The van der Waals surface area contributed by atoms with E-state index >= 15 is 0 Å². The largest absolute Gasteiger partial charge is 0.486 e. The Kier molecular flexibility index (Phi) is 4.06. The molecular weight excluding hydrogens is 319 g/mol. The second-order valence-electron chi connectivity index (χ2n) is 3.55. The average molecular weight is 327 g/mol. The molecule has 0 amide bonds. The molecule has 1 heterocycles. The molecule has 19 heavy (non-hydrogen) atoms. The van der Waals surface area contributed by atoms with Gasteiger partial charge < -0.3 is 9.84 Å². The minimum Gasteiger partial charge on any atom is -0.486 e. The number of carboxylic acid groups (broad SMARTS) is 1. The lowest BCUT2D eigenvalue weighted by Gasteiger charge is -2.09. The van der Waals surface area contributed by atoms with Gasteiger partial charge in [-0.25, -0.2) is 19.2 Å². The van der Waals surface area contributed by atoms with Crippen LogP contribution in [-0.4, -0.2) is 21.0 Å². The van der Waals surface area contributed by atoms with Gasteiger partial charge in [0, 0.05) is 12.3 Å². The third kappa shape index (κ3) is 3.25. The van der Waals surface area contributed by atoms with Gasteiger partial charge in [0.1, 0.15) is 30.1 Å². The Morgan fingerprint density at radius 1 is 1.47 bits per heavy atom. The highest BCUT2D eigenvalue weighted by Crippen LogP contribution is 2.26. The molecule has 0 saturated heterocycles. The molecule has 0 unspecified atom stereocenters. The summed E-state index contributed by atoms with van der Waals surface area (Å²) in [6, 6.07) is 3.98. The maximum absolute atomic E-state index is 13.1. The fraction of sp³-hybridized carbons (Fsp3) is 0.0833. The van der Waals surface area contributed by atoms with Crippen molar-refractivity contribution < 1.29 is 19.0 Å². The van der Waals surface area contributed by atoms with Crippen molar-refractivity contribution in [3.8, 4) is 5.75 Å². The lowest BCUT2D eigenvalue weighted by Crippen LogP contribution is -2.08. The summed E-state index contributed by atoms with van der Waals surface area (Å²) in [5, 5.41) is 8.96. The molecule has 5 nitrogen and oxygen atoms in total. The highest BCUT2D eigenvalue weighted by molar-refractivity contribution is 9.10. The number of halogens is 2. The van der Waals surface area contributed by atoms with E-state index in [1.807, 2.05) is 0 Å². The van der Waals surface area contributed by atoms with Gasteiger partial charge in [-0.15, -0.1) is 0 Å². The molecule has 2 rings (SSSR count). The van der Waals surface area contributed by atoms with Crippen LogP contribution in [0.25, 0.3) is 0 Å². The van der Waals surface area contributed by atoms with E-state index in [-0.39, 0.29) is 23.6 Å². The Bertz CT molecular complexity index is 622. The molecule has 0 spiro atoms. The van der Waals surface area contributed by atoms with E-state index in [1.54, 1.807) is 0 Å². The number of benzene rings is 1. The molecule has 0 radical (unpaired) electrons. The number of carbonyl (C=O) groups is 1. The van der Waals surface area contributed by atoms with E-state index in [9.17, 15) is 9.18 Å². The number of ether oxygens (including phenoxy) is 1. The third-order valence-corrected chi connectivity index (χ3v) is 2.94. The van der Waals surface area contributed by atoms with E-state index in [2.05, 4.69) is 25.9 Å². The lowest BCUT2D eigenvalue weighted by atomic mass is 10.2. The summed E-state index contributed by atoms with van der Waals surface area (Å²) in [7, 11) is 0. The summed E-state index contributed by atoms with van der Waals surface area (Å²) in [5.41, 5.74) is 0.175. The molecular formula is C12H8BrFN2O3. The van der Waals surface area contributed by atoms with Gasteiger partial charge in [-0.3, -0.25) is 0 Å². The van der Waals surface area contributed by atoms with Crippen molar-refractivity contribution in [2.45, 2.75) is 6.61 Å². The Balaban J connectivity index is 2.19. The number of aromatic carboxylic acids is 1. The first-order valence-corrected chi connectivity index (χ1v) is 5.97. The number of aromatic nitrogens is 2. The molecule has 0 fully saturated rings. The van der Waals surface area contributed by atoms with Crippen molar-refractivity contribution in [2.24, 2.45) is 0 Å². The van der Waals surface area contributed by atoms with Gasteiger partial charge in [0.2, 0.25) is 0 Å². The van der Waals surface area contributed by atoms with Gasteiger partial charge in [-0.05, 0) is 28.1 Å². The number of rotatable bonds is 4. The number of hydrogen-bond donors (Lipinski definition) is 1. The predicted molar refractivity (Wildman–Crippen MR) is 67.4 cm³/mol. The van der Waals surface area contributed by atoms with Gasteiger partial charge in [-0.1, -0.05) is 0 Å². The van der Waals surface area contributed by atoms with Crippen LogP contribution in [0.2, 0.25) is 0 Å². The lowest BCUT2D eigenvalue weighted by molar-refractivity contribution is 0.0692. The molecule has 1 aromatic carbocycles. The van der Waals surface area contributed by atoms with Crippen molar-refractivity contribution >= 4 is 21.9 Å². The molecule has 0 aliphatic carbocycles. The zero-order chi connectivity index (χ0) is 13.8. The highest BCUT2D eigenvalue weighted by Gasteiger charge is 2.12. The standard InChI is InChI=1S/C12H8BrFN2O3/c13-9-2-1-7(14)3-11(9)19-5-10-8(12(17)18)4-15-6-16-10/h1-4,6H,5H2,(H,17,18). The molecule has 0 atom stereocenters. The van der Waals surface area contributed by atoms with E-state index < -0.39 is 11.8 Å². The summed E-state index contributed by atoms with van der Waals surface area (Å²) < 4.78 is 19.0. The van der Waals surface area contributed by atoms with E-state index in [0.717, 1.165) is 0 Å². The molecule has 0 aliphatic heterocycles. The second-order valence-corrected chi connectivity index (χ2v) is 4.41. The smallest absolute Gasteiger partial charge is 0.339 e. The summed E-state index contributed by atoms with van der Waals surface area (Å²) in [5.74, 6) is -1.31. The topological polar surface area (TPSA) is 72.3 Å². The quantitative estimate of drug-likeness (QED) is 0.935. The van der Waals surface area contributed by atoms with Gasteiger partial charge in [0.25, 0.3) is 0 Å². The normalized spacial score (nSPS) is 10.2. The molecule has 1 aromatic heterocycles. The first kappa shape index (κ1) is 13.4. The zero-order valence-corrected chi connectivity index (χ0v) is 11.1. The first-order chi connectivity index (χ1) is 9.08. The van der Waals surface area contributed by atoms with Crippen LogP contribution in [-0.2, 0) is 6.61 Å². The maximum Gasteiger partial charge on any atom is 0.339 e. The summed E-state index contributed by atoms with van der Waals surface area (Å²) in [6.07, 6.45) is 2.42. The van der Waals surface area contributed by atoms with Gasteiger partial charge >= 0.3 is 5.97 Å². The van der Waals surface area contributed by atoms with Crippen LogP contribution in [0.3, 0.4) is 0 Å². The van der Waals surface area contributed by atoms with Gasteiger partial charge in [0.05, 0.1) is 10.2 Å². The summed E-state index contributed by atoms with van der Waals surface area (Å²) >= 11 is 3.21. The average Bonchev–Trinajstić information content (AvgIpc) is 2.40. The third-order valence-electron chi connectivity index (χ3n) is 2.28. The van der Waals surface area contributed by atoms with Crippen molar-refractivity contribution in [2.75, 3.05) is 0 Å². The monoisotopic (exact) mass is 326 g/mol. The van der Waals surface area contributed by atoms with Crippen molar-refractivity contribution in [1.82, 2.24) is 9.97 Å². The Labute approximate surface area is 116 Å². The highest BCUT2D eigenvalue weighted by atomic mass is 79.9. The van der Waals surface area contributed by atoms with Crippen LogP contribution in [0, 0.1) is 5.82 Å². The zero-order valence-electron chi connectivity index (χ0n) is 9.51. The molecule has 98 valence electrons. The van der Waals surface area contributed by atoms with Crippen LogP contribution < -0.4 is 4.74 Å². The molecule has 0 bridgehead atoms. The van der Waals surface area contributed by atoms with Crippen LogP contribution in [0.15, 0.2) is 35.2 Å². The number of carboxylic acids is 1. The van der Waals surface area contributed by atoms with Gasteiger partial charge in [0.15, 0.2) is 0 Å². The van der Waals surface area contributed by atoms with Crippen LogP contribution >= 0.6 is 15.9 Å². The fourth-order valence-corrected chi connectivity index (χ4v) is 1.74. The van der Waals surface area contributed by atoms with E-state index in [4.69, 9.17) is 9.84 Å². The fourth-order valence-electron chi connectivity index (χ4n) is 1.38. The van der Waals surface area contributed by atoms with Crippen LogP contribution in [0.4, 0.5) is 4.39 Å². The second kappa shape index (κ2) is 5.75. The molecule has 0 saturated carbocycles. The molecule has 0 aliphatic rings. The predicted octanol–water partition coefficient (Wildman–Crippen LogP) is 2.66. The minimum absolute atomic E-state index is 0.0463. The summed E-state index contributed by atoms with van der Waals surface area (Å²) in [4.78, 5) is 18.4. The Hall–Kier alpha value is -2.02. The molecule has 1 N–H and O–H groups in total. The van der Waals surface area contributed by atoms with Gasteiger partial charge in [-0.2, -0.15) is 0 Å². The summed E-state index contributed by atoms with van der Waals surface area (Å²) in [6.45, 7) is -0.0911. The first-order valence-electron chi connectivity index (χ1n) is 5.18. The maximum atomic E-state index is 13.1. The van der Waals surface area contributed by atoms with Crippen molar-refractivity contribution in [1.29, 1.82) is 0 Å². The van der Waals surface area contributed by atoms with E-state index in [0.29, 0.717) is 4.47 Å². The number of hydrogen-bond acceptors (Lipinski definition) is 4. The van der Waals surface area contributed by atoms with Crippen LogP contribution in [0.5, 0.6) is 5.75 Å². The van der Waals surface area contributed by atoms with Crippen LogP contribution in [0.1, 0.15) is 16.1 Å². The molecule has 7 heteroatoms. The Morgan fingerprint density at radius 2 is 2.26 bits per heavy atom. The minimum atomic E-state index is -1.14. The van der Waals surface area contributed by atoms with Crippen molar-refractivity contribution in [3.05, 3.63) is 52.3 Å². The SMILES string of the molecule is O=C(O)c1cncnc1COc1cc(F)ccc1Br. The number of nitrogens with zero attached hydrogens (tertiary/aromatic N) is 2.